The van der Waals surface area contributed by atoms with Gasteiger partial charge in [-0.05, 0) is 50.9 Å². The molecule has 0 aliphatic carbocycles. The zero-order valence-corrected chi connectivity index (χ0v) is 11.4. The Kier molecular flexibility index (Phi) is 5.02. The first kappa shape index (κ1) is 13.4. The van der Waals surface area contributed by atoms with E-state index in [1.54, 1.807) is 0 Å². The van der Waals surface area contributed by atoms with E-state index >= 15 is 0 Å². The minimum absolute atomic E-state index is 0.410. The van der Waals surface area contributed by atoms with Gasteiger partial charge in [-0.15, -0.1) is 0 Å². The summed E-state index contributed by atoms with van der Waals surface area (Å²) < 4.78 is 11.6. The van der Waals surface area contributed by atoms with Crippen LogP contribution < -0.4 is 10.1 Å². The molecule has 1 aliphatic heterocycles. The van der Waals surface area contributed by atoms with Crippen LogP contribution in [0.25, 0.3) is 0 Å². The van der Waals surface area contributed by atoms with Crippen molar-refractivity contribution in [3.63, 3.8) is 0 Å². The average Bonchev–Trinajstić information content (AvgIpc) is 2.38. The molecule has 0 saturated carbocycles. The molecule has 1 fully saturated rings. The molecule has 18 heavy (non-hydrogen) atoms. The second-order valence-corrected chi connectivity index (χ2v) is 4.89. The van der Waals surface area contributed by atoms with Crippen LogP contribution in [0.3, 0.4) is 0 Å². The van der Waals surface area contributed by atoms with E-state index in [9.17, 15) is 0 Å². The summed E-state index contributed by atoms with van der Waals surface area (Å²) in [6.45, 7) is 7.62. The van der Waals surface area contributed by atoms with Crippen molar-refractivity contribution in [1.82, 2.24) is 5.32 Å². The van der Waals surface area contributed by atoms with Gasteiger partial charge in [0.1, 0.15) is 12.4 Å². The number of piperidine rings is 1. The van der Waals surface area contributed by atoms with Gasteiger partial charge in [0.05, 0.1) is 12.7 Å². The summed E-state index contributed by atoms with van der Waals surface area (Å²) in [5.41, 5.74) is 2.38. The monoisotopic (exact) mass is 249 g/mol. The summed E-state index contributed by atoms with van der Waals surface area (Å²) >= 11 is 0. The highest BCUT2D eigenvalue weighted by Crippen LogP contribution is 2.22. The van der Waals surface area contributed by atoms with Crippen molar-refractivity contribution in [2.24, 2.45) is 0 Å². The number of ether oxygens (including phenoxy) is 2. The van der Waals surface area contributed by atoms with E-state index in [1.807, 2.05) is 0 Å². The van der Waals surface area contributed by atoms with Gasteiger partial charge in [-0.2, -0.15) is 0 Å². The Bertz CT molecular complexity index is 353. The summed E-state index contributed by atoms with van der Waals surface area (Å²) in [5, 5.41) is 3.33. The van der Waals surface area contributed by atoms with E-state index < -0.39 is 0 Å². The van der Waals surface area contributed by atoms with E-state index in [1.165, 1.54) is 11.1 Å². The second-order valence-electron chi connectivity index (χ2n) is 4.89. The molecule has 2 rings (SSSR count). The first-order valence-corrected chi connectivity index (χ1v) is 6.78. The Hall–Kier alpha value is -1.06. The van der Waals surface area contributed by atoms with Crippen molar-refractivity contribution in [3.05, 3.63) is 29.3 Å². The lowest BCUT2D eigenvalue weighted by atomic mass is 10.1. The molecule has 0 aromatic heterocycles. The van der Waals surface area contributed by atoms with Crippen LogP contribution in [0.1, 0.15) is 24.0 Å². The van der Waals surface area contributed by atoms with E-state index in [2.05, 4.69) is 37.4 Å². The fourth-order valence-corrected chi connectivity index (χ4v) is 2.35. The summed E-state index contributed by atoms with van der Waals surface area (Å²) in [4.78, 5) is 0. The lowest BCUT2D eigenvalue weighted by Crippen LogP contribution is -2.33. The molecular weight excluding hydrogens is 226 g/mol. The largest absolute Gasteiger partial charge is 0.491 e. The van der Waals surface area contributed by atoms with Gasteiger partial charge in [-0.1, -0.05) is 18.2 Å². The minimum Gasteiger partial charge on any atom is -0.491 e. The van der Waals surface area contributed by atoms with E-state index in [0.717, 1.165) is 31.7 Å². The topological polar surface area (TPSA) is 30.5 Å². The quantitative estimate of drug-likeness (QED) is 0.813. The molecule has 3 nitrogen and oxygen atoms in total. The van der Waals surface area contributed by atoms with Gasteiger partial charge in [-0.3, -0.25) is 0 Å². The average molecular weight is 249 g/mol. The van der Waals surface area contributed by atoms with Crippen LogP contribution in [0, 0.1) is 13.8 Å². The van der Waals surface area contributed by atoms with Gasteiger partial charge in [0.15, 0.2) is 0 Å². The smallest absolute Gasteiger partial charge is 0.125 e. The number of hydrogen-bond acceptors (Lipinski definition) is 3. The number of aryl methyl sites for hydroxylation is 2. The maximum atomic E-state index is 5.82. The molecule has 3 heteroatoms. The summed E-state index contributed by atoms with van der Waals surface area (Å²) in [5.74, 6) is 1.01. The molecule has 1 aromatic rings. The predicted molar refractivity (Wildman–Crippen MR) is 73.3 cm³/mol. The van der Waals surface area contributed by atoms with Crippen molar-refractivity contribution in [1.29, 1.82) is 0 Å². The van der Waals surface area contributed by atoms with Crippen molar-refractivity contribution in [3.8, 4) is 5.75 Å². The SMILES string of the molecule is Cc1cccc(C)c1OCCOC1CCNCC1. The number of rotatable bonds is 5. The summed E-state index contributed by atoms with van der Waals surface area (Å²) in [6, 6.07) is 6.22. The maximum Gasteiger partial charge on any atom is 0.125 e. The highest BCUT2D eigenvalue weighted by Gasteiger charge is 2.12. The van der Waals surface area contributed by atoms with Crippen LogP contribution >= 0.6 is 0 Å². The maximum absolute atomic E-state index is 5.82. The number of hydrogen-bond donors (Lipinski definition) is 1. The minimum atomic E-state index is 0.410. The Morgan fingerprint density at radius 3 is 2.44 bits per heavy atom. The van der Waals surface area contributed by atoms with Crippen LogP contribution in [0.2, 0.25) is 0 Å². The van der Waals surface area contributed by atoms with E-state index in [0.29, 0.717) is 19.3 Å². The Balaban J connectivity index is 1.71. The second kappa shape index (κ2) is 6.76. The molecule has 0 amide bonds. The summed E-state index contributed by atoms with van der Waals surface area (Å²) in [7, 11) is 0. The first-order chi connectivity index (χ1) is 8.77. The fourth-order valence-electron chi connectivity index (χ4n) is 2.35. The highest BCUT2D eigenvalue weighted by molar-refractivity contribution is 5.39. The van der Waals surface area contributed by atoms with Crippen molar-refractivity contribution in [2.75, 3.05) is 26.3 Å². The predicted octanol–water partition coefficient (Wildman–Crippen LogP) is 2.45. The van der Waals surface area contributed by atoms with Crippen LogP contribution in [-0.4, -0.2) is 32.4 Å². The number of nitrogens with one attached hydrogen (secondary N) is 1. The molecule has 100 valence electrons. The zero-order chi connectivity index (χ0) is 12.8. The molecular formula is C15H23NO2. The first-order valence-electron chi connectivity index (χ1n) is 6.78. The van der Waals surface area contributed by atoms with Gasteiger partial charge in [0, 0.05) is 0 Å². The number of benzene rings is 1. The lowest BCUT2D eigenvalue weighted by molar-refractivity contribution is 0.0166. The molecule has 1 aliphatic rings. The van der Waals surface area contributed by atoms with E-state index in [4.69, 9.17) is 9.47 Å². The van der Waals surface area contributed by atoms with Crippen LogP contribution in [0.4, 0.5) is 0 Å². The van der Waals surface area contributed by atoms with Gasteiger partial charge < -0.3 is 14.8 Å². The molecule has 0 spiro atoms. The molecule has 1 N–H and O–H groups in total. The standard InChI is InChI=1S/C15H23NO2/c1-12-4-3-5-13(2)15(12)18-11-10-17-14-6-8-16-9-7-14/h3-5,14,16H,6-11H2,1-2H3. The van der Waals surface area contributed by atoms with Gasteiger partial charge in [-0.25, -0.2) is 0 Å². The molecule has 0 radical (unpaired) electrons. The third-order valence-corrected chi connectivity index (χ3v) is 3.38. The van der Waals surface area contributed by atoms with Crippen LogP contribution in [-0.2, 0) is 4.74 Å². The molecule has 1 saturated heterocycles. The Morgan fingerprint density at radius 1 is 1.11 bits per heavy atom. The van der Waals surface area contributed by atoms with Gasteiger partial charge in [0.25, 0.3) is 0 Å². The third-order valence-electron chi connectivity index (χ3n) is 3.38. The van der Waals surface area contributed by atoms with Gasteiger partial charge >= 0.3 is 0 Å². The van der Waals surface area contributed by atoms with E-state index in [-0.39, 0.29) is 0 Å². The Labute approximate surface area is 109 Å². The molecule has 1 heterocycles. The highest BCUT2D eigenvalue weighted by atomic mass is 16.5. The normalized spacial score (nSPS) is 16.8. The van der Waals surface area contributed by atoms with Crippen LogP contribution in [0.5, 0.6) is 5.75 Å². The fraction of sp³-hybridized carbons (Fsp3) is 0.600. The van der Waals surface area contributed by atoms with Crippen molar-refractivity contribution < 1.29 is 9.47 Å². The molecule has 0 bridgehead atoms. The molecule has 0 atom stereocenters. The lowest BCUT2D eigenvalue weighted by Gasteiger charge is -2.23. The Morgan fingerprint density at radius 2 is 1.78 bits per heavy atom. The van der Waals surface area contributed by atoms with Gasteiger partial charge in [0.2, 0.25) is 0 Å². The van der Waals surface area contributed by atoms with Crippen LogP contribution in [0.15, 0.2) is 18.2 Å². The zero-order valence-electron chi connectivity index (χ0n) is 11.4. The number of para-hydroxylation sites is 1. The third kappa shape index (κ3) is 3.72. The molecule has 1 aromatic carbocycles. The molecule has 0 unspecified atom stereocenters. The van der Waals surface area contributed by atoms with Crippen molar-refractivity contribution >= 4 is 0 Å². The summed E-state index contributed by atoms with van der Waals surface area (Å²) in [6.07, 6.45) is 2.64. The van der Waals surface area contributed by atoms with Crippen molar-refractivity contribution in [2.45, 2.75) is 32.8 Å².